The lowest BCUT2D eigenvalue weighted by molar-refractivity contribution is -0.193. The maximum atomic E-state index is 10.6. The van der Waals surface area contributed by atoms with Crippen molar-refractivity contribution in [3.8, 4) is 22.4 Å². The molecule has 1 unspecified atom stereocenters. The first-order chi connectivity index (χ1) is 18.6. The molecule has 14 heteroatoms. The van der Waals surface area contributed by atoms with E-state index in [1.54, 1.807) is 0 Å². The number of anilines is 1. The third kappa shape index (κ3) is 10.2. The number of carboxylic acids is 2. The van der Waals surface area contributed by atoms with Crippen LogP contribution in [0.2, 0.25) is 0 Å². The van der Waals surface area contributed by atoms with Gasteiger partial charge in [0, 0.05) is 38.1 Å². The Morgan fingerprint density at radius 2 is 1.45 bits per heavy atom. The minimum atomic E-state index is -5.08. The van der Waals surface area contributed by atoms with E-state index in [-0.39, 0.29) is 0 Å². The topological polar surface area (TPSA) is 108 Å². The Morgan fingerprint density at radius 3 is 1.95 bits per heavy atom. The van der Waals surface area contributed by atoms with E-state index in [1.807, 2.05) is 0 Å². The maximum absolute atomic E-state index is 10.6. The van der Waals surface area contributed by atoms with Gasteiger partial charge < -0.3 is 20.4 Å². The Balaban J connectivity index is 0.000000333. The fourth-order valence-electron chi connectivity index (χ4n) is 3.57. The van der Waals surface area contributed by atoms with Crippen LogP contribution in [0.15, 0.2) is 60.8 Å². The number of aliphatic carboxylic acids is 2. The Labute approximate surface area is 225 Å². The number of carboxylic acid groups (broad SMARTS) is 2. The highest BCUT2D eigenvalue weighted by atomic mass is 19.4. The lowest BCUT2D eigenvalue weighted by atomic mass is 10.0. The Kier molecular flexibility index (Phi) is 11.1. The van der Waals surface area contributed by atoms with Gasteiger partial charge in [0.1, 0.15) is 0 Å². The van der Waals surface area contributed by atoms with E-state index in [2.05, 4.69) is 89.8 Å². The van der Waals surface area contributed by atoms with E-state index < -0.39 is 24.3 Å². The molecule has 8 nitrogen and oxygen atoms in total. The minimum absolute atomic E-state index is 0.697. The van der Waals surface area contributed by atoms with Crippen LogP contribution in [0.5, 0.6) is 0 Å². The third-order valence-electron chi connectivity index (χ3n) is 5.59. The van der Waals surface area contributed by atoms with Crippen molar-refractivity contribution in [2.75, 3.05) is 32.1 Å². The number of hydrogen-bond acceptors (Lipinski definition) is 5. The number of aromatic nitrogens is 2. The van der Waals surface area contributed by atoms with Crippen LogP contribution in [-0.4, -0.2) is 71.5 Å². The molecule has 1 aliphatic rings. The Bertz CT molecular complexity index is 1240. The lowest BCUT2D eigenvalue weighted by Crippen LogP contribution is -2.21. The molecule has 0 spiro atoms. The van der Waals surface area contributed by atoms with Crippen LogP contribution >= 0.6 is 0 Å². The summed E-state index contributed by atoms with van der Waals surface area (Å²) in [6.45, 7) is 3.23. The number of alkyl halides is 6. The van der Waals surface area contributed by atoms with Crippen LogP contribution < -0.4 is 10.2 Å². The van der Waals surface area contributed by atoms with E-state index in [4.69, 9.17) is 24.9 Å². The fourth-order valence-corrected chi connectivity index (χ4v) is 3.57. The number of nitrogens with one attached hydrogen (secondary N) is 1. The van der Waals surface area contributed by atoms with Crippen molar-refractivity contribution in [1.82, 2.24) is 15.1 Å². The number of halogens is 6. The van der Waals surface area contributed by atoms with Crippen LogP contribution in [-0.2, 0) is 16.1 Å². The monoisotopic (exact) mass is 574 g/mol. The first-order valence-corrected chi connectivity index (χ1v) is 11.8. The molecule has 0 aliphatic carbocycles. The molecule has 1 fully saturated rings. The van der Waals surface area contributed by atoms with Crippen LogP contribution in [0.4, 0.5) is 32.0 Å². The fraction of sp³-hybridized carbons (Fsp3) is 0.346. The second-order valence-electron chi connectivity index (χ2n) is 8.91. The molecule has 0 radical (unpaired) electrons. The predicted octanol–water partition coefficient (Wildman–Crippen LogP) is 5.16. The molecule has 1 aromatic heterocycles. The molecule has 1 atom stereocenters. The maximum Gasteiger partial charge on any atom is 0.490 e. The van der Waals surface area contributed by atoms with Gasteiger partial charge in [0.25, 0.3) is 0 Å². The molecule has 0 bridgehead atoms. The zero-order valence-electron chi connectivity index (χ0n) is 21.5. The summed E-state index contributed by atoms with van der Waals surface area (Å²) in [5.41, 5.74) is 5.88. The lowest BCUT2D eigenvalue weighted by Gasteiger charge is -2.14. The van der Waals surface area contributed by atoms with Gasteiger partial charge in [-0.15, -0.1) is 0 Å². The van der Waals surface area contributed by atoms with Gasteiger partial charge in [-0.05, 0) is 60.8 Å². The minimum Gasteiger partial charge on any atom is -0.475 e. The van der Waals surface area contributed by atoms with Gasteiger partial charge in [-0.3, -0.25) is 4.68 Å². The summed E-state index contributed by atoms with van der Waals surface area (Å²) >= 11 is 0. The van der Waals surface area contributed by atoms with Gasteiger partial charge >= 0.3 is 24.3 Å². The van der Waals surface area contributed by atoms with Crippen molar-refractivity contribution < 1.29 is 46.1 Å². The molecular weight excluding hydrogens is 546 g/mol. The van der Waals surface area contributed by atoms with Gasteiger partial charge in [-0.1, -0.05) is 30.3 Å². The molecule has 218 valence electrons. The number of carbonyl (C=O) groups is 2. The summed E-state index contributed by atoms with van der Waals surface area (Å²) in [5, 5.41) is 22.5. The average Bonchev–Trinajstić information content (AvgIpc) is 3.56. The molecule has 1 aliphatic heterocycles. The van der Waals surface area contributed by atoms with E-state index in [1.165, 1.54) is 28.8 Å². The van der Waals surface area contributed by atoms with Crippen molar-refractivity contribution >= 4 is 17.6 Å². The highest BCUT2D eigenvalue weighted by Gasteiger charge is 2.38. The summed E-state index contributed by atoms with van der Waals surface area (Å²) in [6.07, 6.45) is -6.82. The number of nitrogens with zero attached hydrogens (tertiary/aromatic N) is 3. The van der Waals surface area contributed by atoms with Gasteiger partial charge in [0.05, 0.1) is 5.69 Å². The van der Waals surface area contributed by atoms with E-state index >= 15 is 0 Å². The first kappa shape index (κ1) is 32.1. The van der Waals surface area contributed by atoms with Crippen LogP contribution in [0.25, 0.3) is 22.4 Å². The van der Waals surface area contributed by atoms with Crippen LogP contribution in [0.1, 0.15) is 6.42 Å². The van der Waals surface area contributed by atoms with E-state index in [0.717, 1.165) is 25.3 Å². The smallest absolute Gasteiger partial charge is 0.475 e. The van der Waals surface area contributed by atoms with Crippen molar-refractivity contribution in [3.63, 3.8) is 0 Å². The molecule has 2 heterocycles. The van der Waals surface area contributed by atoms with Crippen LogP contribution in [0, 0.1) is 5.92 Å². The summed E-state index contributed by atoms with van der Waals surface area (Å²) in [7, 11) is 4.14. The van der Waals surface area contributed by atoms with E-state index in [9.17, 15) is 26.3 Å². The van der Waals surface area contributed by atoms with Crippen molar-refractivity contribution in [2.24, 2.45) is 5.92 Å². The molecule has 3 N–H and O–H groups in total. The van der Waals surface area contributed by atoms with Gasteiger partial charge in [0.2, 0.25) is 0 Å². The van der Waals surface area contributed by atoms with Gasteiger partial charge in [0.15, 0.2) is 0 Å². The molecule has 3 aromatic rings. The molecular formula is C26H28F6N4O4. The average molecular weight is 575 g/mol. The molecule has 0 amide bonds. The number of benzene rings is 2. The Morgan fingerprint density at radius 1 is 0.925 bits per heavy atom. The predicted molar refractivity (Wildman–Crippen MR) is 136 cm³/mol. The Hall–Kier alpha value is -4.07. The summed E-state index contributed by atoms with van der Waals surface area (Å²) in [6, 6.07) is 19.4. The van der Waals surface area contributed by atoms with Crippen molar-refractivity contribution in [3.05, 3.63) is 60.8 Å². The number of hydrogen-bond donors (Lipinski definition) is 3. The van der Waals surface area contributed by atoms with Crippen LogP contribution in [0.3, 0.4) is 0 Å². The van der Waals surface area contributed by atoms with Gasteiger partial charge in [-0.25, -0.2) is 9.59 Å². The summed E-state index contributed by atoms with van der Waals surface area (Å²) in [5.74, 6) is -4.82. The molecule has 2 aromatic carbocycles. The van der Waals surface area contributed by atoms with E-state index in [0.29, 0.717) is 5.92 Å². The van der Waals surface area contributed by atoms with Crippen molar-refractivity contribution in [1.29, 1.82) is 0 Å². The summed E-state index contributed by atoms with van der Waals surface area (Å²) < 4.78 is 65.6. The molecule has 4 rings (SSSR count). The second-order valence-corrected chi connectivity index (χ2v) is 8.91. The SMILES string of the molecule is CN(C)c1cccc(-c2cccc(-c3ccn(CC4CCNC4)n3)c2)c1.O=C(O)C(F)(F)F.O=C(O)C(F)(F)F. The number of rotatable bonds is 5. The first-order valence-electron chi connectivity index (χ1n) is 11.8. The quantitative estimate of drug-likeness (QED) is 0.362. The van der Waals surface area contributed by atoms with Crippen molar-refractivity contribution in [2.45, 2.75) is 25.3 Å². The normalized spacial score (nSPS) is 14.8. The highest BCUT2D eigenvalue weighted by Crippen LogP contribution is 2.28. The molecule has 1 saturated heterocycles. The zero-order valence-corrected chi connectivity index (χ0v) is 21.5. The highest BCUT2D eigenvalue weighted by molar-refractivity contribution is 5.74. The molecule has 0 saturated carbocycles. The largest absolute Gasteiger partial charge is 0.490 e. The second kappa shape index (κ2) is 13.8. The zero-order chi connectivity index (χ0) is 30.1. The molecule has 40 heavy (non-hydrogen) atoms. The summed E-state index contributed by atoms with van der Waals surface area (Å²) in [4.78, 5) is 19.9. The standard InChI is InChI=1S/C22H26N4.2C2HF3O2/c1-25(2)21-8-4-6-19(14-21)18-5-3-7-20(13-18)22-10-12-26(24-22)16-17-9-11-23-15-17;2*3-2(4,5)1(6)7/h3-8,10,12-14,17,23H,9,11,15-16H2,1-2H3;2*(H,6,7). The van der Waals surface area contributed by atoms with Gasteiger partial charge in [-0.2, -0.15) is 31.4 Å². The third-order valence-corrected chi connectivity index (χ3v) is 5.59.